The molecule has 1 aromatic heterocycles. The lowest BCUT2D eigenvalue weighted by molar-refractivity contribution is 0.0707. The van der Waals surface area contributed by atoms with Gasteiger partial charge in [-0.2, -0.15) is 0 Å². The molecule has 0 N–H and O–H groups in total. The van der Waals surface area contributed by atoms with Crippen LogP contribution < -0.4 is 5.46 Å². The molecule has 4 rings (SSSR count). The summed E-state index contributed by atoms with van der Waals surface area (Å²) in [6, 6.07) is 18.8. The van der Waals surface area contributed by atoms with Crippen molar-refractivity contribution in [1.82, 2.24) is 0 Å². The second kappa shape index (κ2) is 7.03. The van der Waals surface area contributed by atoms with Gasteiger partial charge in [0.1, 0.15) is 11.2 Å². The number of fused-ring (bicyclic) bond motifs is 5. The van der Waals surface area contributed by atoms with Crippen molar-refractivity contribution in [3.63, 3.8) is 0 Å². The molecule has 0 atom stereocenters. The maximum atomic E-state index is 6.32. The zero-order chi connectivity index (χ0) is 19.0. The second-order valence-electron chi connectivity index (χ2n) is 7.50. The SMILES string of the molecule is CCOB(OC(C)(C)CC)c1cccc2c1oc1ccc3ccccc3c12. The van der Waals surface area contributed by atoms with Gasteiger partial charge in [-0.15, -0.1) is 0 Å². The van der Waals surface area contributed by atoms with E-state index >= 15 is 0 Å². The molecule has 0 saturated carbocycles. The predicted octanol–water partition coefficient (Wildman–Crippen LogP) is 5.68. The lowest BCUT2D eigenvalue weighted by Gasteiger charge is -2.28. The fourth-order valence-electron chi connectivity index (χ4n) is 3.49. The average molecular weight is 360 g/mol. The van der Waals surface area contributed by atoms with Gasteiger partial charge in [0.2, 0.25) is 0 Å². The zero-order valence-corrected chi connectivity index (χ0v) is 16.4. The second-order valence-corrected chi connectivity index (χ2v) is 7.50. The highest BCUT2D eigenvalue weighted by molar-refractivity contribution is 6.64. The third-order valence-electron chi connectivity index (χ3n) is 5.27. The number of hydrogen-bond donors (Lipinski definition) is 0. The summed E-state index contributed by atoms with van der Waals surface area (Å²) in [7, 11) is -0.458. The number of hydrogen-bond acceptors (Lipinski definition) is 3. The van der Waals surface area contributed by atoms with Crippen molar-refractivity contribution in [3.05, 3.63) is 54.6 Å². The van der Waals surface area contributed by atoms with Gasteiger partial charge in [-0.3, -0.25) is 0 Å². The van der Waals surface area contributed by atoms with Crippen LogP contribution in [0.15, 0.2) is 59.0 Å². The fraction of sp³-hybridized carbons (Fsp3) is 0.304. The molecule has 138 valence electrons. The Kier molecular flexibility index (Phi) is 4.71. The first-order valence-corrected chi connectivity index (χ1v) is 9.66. The molecule has 0 aliphatic rings. The Morgan fingerprint density at radius 3 is 2.48 bits per heavy atom. The minimum Gasteiger partial charge on any atom is -0.456 e. The first-order valence-electron chi connectivity index (χ1n) is 9.66. The molecule has 0 aliphatic heterocycles. The maximum absolute atomic E-state index is 6.32. The molecule has 0 unspecified atom stereocenters. The summed E-state index contributed by atoms with van der Waals surface area (Å²) in [6.45, 7) is 8.86. The van der Waals surface area contributed by atoms with Gasteiger partial charge >= 0.3 is 7.12 Å². The van der Waals surface area contributed by atoms with Gasteiger partial charge in [0.05, 0.1) is 0 Å². The van der Waals surface area contributed by atoms with Crippen molar-refractivity contribution in [1.29, 1.82) is 0 Å². The third-order valence-corrected chi connectivity index (χ3v) is 5.27. The van der Waals surface area contributed by atoms with Gasteiger partial charge in [-0.1, -0.05) is 55.5 Å². The summed E-state index contributed by atoms with van der Waals surface area (Å²) < 4.78 is 18.6. The van der Waals surface area contributed by atoms with Crippen LogP contribution in [-0.4, -0.2) is 19.3 Å². The summed E-state index contributed by atoms with van der Waals surface area (Å²) in [4.78, 5) is 0. The van der Waals surface area contributed by atoms with E-state index in [1.165, 1.54) is 10.8 Å². The van der Waals surface area contributed by atoms with Gasteiger partial charge < -0.3 is 13.7 Å². The smallest absolute Gasteiger partial charge is 0.456 e. The molecule has 0 bridgehead atoms. The van der Waals surface area contributed by atoms with Crippen molar-refractivity contribution < 1.29 is 13.7 Å². The molecule has 0 amide bonds. The van der Waals surface area contributed by atoms with Crippen LogP contribution in [0, 0.1) is 0 Å². The van der Waals surface area contributed by atoms with Crippen LogP contribution in [-0.2, 0) is 9.31 Å². The summed E-state index contributed by atoms with van der Waals surface area (Å²) in [5.74, 6) is 0. The average Bonchev–Trinajstić information content (AvgIpc) is 3.06. The Labute approximate surface area is 160 Å². The Morgan fingerprint density at radius 2 is 1.70 bits per heavy atom. The normalized spacial score (nSPS) is 12.3. The summed E-state index contributed by atoms with van der Waals surface area (Å²) in [6.07, 6.45) is 0.900. The molecule has 0 saturated heterocycles. The van der Waals surface area contributed by atoms with Crippen LogP contribution in [0.25, 0.3) is 32.7 Å². The quantitative estimate of drug-likeness (QED) is 0.415. The van der Waals surface area contributed by atoms with Crippen LogP contribution in [0.4, 0.5) is 0 Å². The molecule has 3 aromatic carbocycles. The van der Waals surface area contributed by atoms with E-state index in [2.05, 4.69) is 63.2 Å². The van der Waals surface area contributed by atoms with Gasteiger partial charge in [0.15, 0.2) is 0 Å². The van der Waals surface area contributed by atoms with E-state index in [0.717, 1.165) is 33.8 Å². The maximum Gasteiger partial charge on any atom is 0.498 e. The van der Waals surface area contributed by atoms with Crippen LogP contribution in [0.5, 0.6) is 0 Å². The number of benzene rings is 3. The van der Waals surface area contributed by atoms with Crippen LogP contribution >= 0.6 is 0 Å². The van der Waals surface area contributed by atoms with Gasteiger partial charge in [-0.05, 0) is 44.0 Å². The first kappa shape index (κ1) is 18.1. The number of para-hydroxylation sites is 1. The zero-order valence-electron chi connectivity index (χ0n) is 16.4. The standard InChI is InChI=1S/C23H25BO3/c1-5-23(3,4)27-24(25-6-2)19-13-9-12-18-21-17-11-8-7-10-16(17)14-15-20(21)26-22(18)19/h7-15H,5-6H2,1-4H3. The highest BCUT2D eigenvalue weighted by Crippen LogP contribution is 2.34. The van der Waals surface area contributed by atoms with Crippen molar-refractivity contribution in [2.45, 2.75) is 39.7 Å². The number of furan rings is 1. The molecule has 0 aliphatic carbocycles. The minimum atomic E-state index is -0.458. The van der Waals surface area contributed by atoms with Crippen LogP contribution in [0.3, 0.4) is 0 Å². The summed E-state index contributed by atoms with van der Waals surface area (Å²) in [5.41, 5.74) is 2.40. The van der Waals surface area contributed by atoms with E-state index in [0.29, 0.717) is 6.61 Å². The molecule has 4 heteroatoms. The largest absolute Gasteiger partial charge is 0.498 e. The molecule has 1 heterocycles. The van der Waals surface area contributed by atoms with Gasteiger partial charge in [0, 0.05) is 28.4 Å². The first-order chi connectivity index (χ1) is 13.0. The lowest BCUT2D eigenvalue weighted by atomic mass is 9.76. The molecule has 0 spiro atoms. The predicted molar refractivity (Wildman–Crippen MR) is 114 cm³/mol. The van der Waals surface area contributed by atoms with E-state index < -0.39 is 7.12 Å². The molecule has 4 aromatic rings. The van der Waals surface area contributed by atoms with Gasteiger partial charge in [0.25, 0.3) is 0 Å². The van der Waals surface area contributed by atoms with E-state index in [1.807, 2.05) is 19.1 Å². The Hall–Kier alpha value is -2.30. The summed E-state index contributed by atoms with van der Waals surface area (Å²) >= 11 is 0. The number of rotatable bonds is 6. The van der Waals surface area contributed by atoms with Gasteiger partial charge in [-0.25, -0.2) is 0 Å². The highest BCUT2D eigenvalue weighted by Gasteiger charge is 2.32. The van der Waals surface area contributed by atoms with E-state index in [-0.39, 0.29) is 5.60 Å². The van der Waals surface area contributed by atoms with Crippen molar-refractivity contribution in [2.24, 2.45) is 0 Å². The highest BCUT2D eigenvalue weighted by atomic mass is 16.6. The Bertz CT molecular complexity index is 1100. The Morgan fingerprint density at radius 1 is 0.926 bits per heavy atom. The van der Waals surface area contributed by atoms with E-state index in [9.17, 15) is 0 Å². The molecule has 27 heavy (non-hydrogen) atoms. The fourth-order valence-corrected chi connectivity index (χ4v) is 3.49. The molecule has 0 radical (unpaired) electrons. The van der Waals surface area contributed by atoms with Crippen LogP contribution in [0.1, 0.15) is 34.1 Å². The third kappa shape index (κ3) is 3.24. The minimum absolute atomic E-state index is 0.277. The molecular weight excluding hydrogens is 335 g/mol. The monoisotopic (exact) mass is 360 g/mol. The lowest BCUT2D eigenvalue weighted by Crippen LogP contribution is -2.44. The topological polar surface area (TPSA) is 31.6 Å². The van der Waals surface area contributed by atoms with Crippen LogP contribution in [0.2, 0.25) is 0 Å². The van der Waals surface area contributed by atoms with Crippen molar-refractivity contribution >= 4 is 45.3 Å². The van der Waals surface area contributed by atoms with Crippen molar-refractivity contribution in [3.8, 4) is 0 Å². The van der Waals surface area contributed by atoms with E-state index in [1.54, 1.807) is 0 Å². The van der Waals surface area contributed by atoms with E-state index in [4.69, 9.17) is 13.7 Å². The van der Waals surface area contributed by atoms with Crippen molar-refractivity contribution in [2.75, 3.05) is 6.61 Å². The summed E-state index contributed by atoms with van der Waals surface area (Å²) in [5, 5.41) is 4.66. The molecular formula is C23H25BO3. The Balaban J connectivity index is 1.94. The molecule has 3 nitrogen and oxygen atoms in total. The molecule has 0 fully saturated rings.